The monoisotopic (exact) mass is 333 g/mol. The lowest BCUT2D eigenvalue weighted by molar-refractivity contribution is 0.184. The Balaban J connectivity index is 3.23. The van der Waals surface area contributed by atoms with E-state index in [1.165, 1.54) is 7.11 Å². The molecule has 2 N–H and O–H groups in total. The summed E-state index contributed by atoms with van der Waals surface area (Å²) in [6.07, 6.45) is -1.16. The molecule has 0 saturated carbocycles. The largest absolute Gasteiger partial charge is 0.495 e. The van der Waals surface area contributed by atoms with E-state index in [9.17, 15) is 4.39 Å². The molecule has 0 aliphatic heterocycles. The SMILES string of the molecule is COc1ccc(C(F)C(CN)C(C)C)c(OC)c1Br. The number of benzene rings is 1. The third-order valence-electron chi connectivity index (χ3n) is 3.32. The van der Waals surface area contributed by atoms with Crippen LogP contribution in [0.2, 0.25) is 0 Å². The van der Waals surface area contributed by atoms with Crippen molar-refractivity contribution in [3.8, 4) is 11.5 Å². The summed E-state index contributed by atoms with van der Waals surface area (Å²) < 4.78 is 25.8. The first-order valence-electron chi connectivity index (χ1n) is 6.22. The number of rotatable bonds is 6. The lowest BCUT2D eigenvalue weighted by Gasteiger charge is -2.25. The second-order valence-corrected chi connectivity index (χ2v) is 5.54. The van der Waals surface area contributed by atoms with Crippen molar-refractivity contribution in [2.24, 2.45) is 17.6 Å². The average molecular weight is 334 g/mol. The molecule has 0 saturated heterocycles. The molecule has 108 valence electrons. The van der Waals surface area contributed by atoms with Gasteiger partial charge in [0.1, 0.15) is 22.1 Å². The smallest absolute Gasteiger partial charge is 0.142 e. The number of hydrogen-bond acceptors (Lipinski definition) is 3. The molecule has 3 nitrogen and oxygen atoms in total. The van der Waals surface area contributed by atoms with Crippen LogP contribution >= 0.6 is 15.9 Å². The maximum atomic E-state index is 14.7. The van der Waals surface area contributed by atoms with Crippen molar-refractivity contribution in [2.45, 2.75) is 20.0 Å². The lowest BCUT2D eigenvalue weighted by atomic mass is 9.87. The zero-order valence-corrected chi connectivity index (χ0v) is 13.3. The van der Waals surface area contributed by atoms with E-state index in [1.807, 2.05) is 13.8 Å². The van der Waals surface area contributed by atoms with Gasteiger partial charge in [-0.2, -0.15) is 0 Å². The summed E-state index contributed by atoms with van der Waals surface area (Å²) in [5.74, 6) is 0.993. The van der Waals surface area contributed by atoms with Crippen molar-refractivity contribution in [2.75, 3.05) is 20.8 Å². The quantitative estimate of drug-likeness (QED) is 0.863. The summed E-state index contributed by atoms with van der Waals surface area (Å²) in [4.78, 5) is 0. The minimum absolute atomic E-state index is 0.158. The number of ether oxygens (including phenoxy) is 2. The molecule has 0 spiro atoms. The van der Waals surface area contributed by atoms with E-state index in [0.29, 0.717) is 28.1 Å². The number of halogens is 2. The maximum Gasteiger partial charge on any atom is 0.142 e. The first-order valence-corrected chi connectivity index (χ1v) is 7.01. The van der Waals surface area contributed by atoms with Crippen LogP contribution < -0.4 is 15.2 Å². The van der Waals surface area contributed by atoms with Crippen LogP contribution in [0.5, 0.6) is 11.5 Å². The Morgan fingerprint density at radius 3 is 2.32 bits per heavy atom. The molecule has 0 fully saturated rings. The fourth-order valence-electron chi connectivity index (χ4n) is 2.10. The number of hydrogen-bond donors (Lipinski definition) is 1. The van der Waals surface area contributed by atoms with E-state index in [1.54, 1.807) is 19.2 Å². The zero-order chi connectivity index (χ0) is 14.6. The van der Waals surface area contributed by atoms with Crippen LogP contribution in [0, 0.1) is 11.8 Å². The van der Waals surface area contributed by atoms with Crippen molar-refractivity contribution in [3.63, 3.8) is 0 Å². The van der Waals surface area contributed by atoms with Gasteiger partial charge < -0.3 is 15.2 Å². The van der Waals surface area contributed by atoms with Gasteiger partial charge in [-0.1, -0.05) is 13.8 Å². The molecule has 0 aliphatic rings. The standard InChI is InChI=1S/C14H21BrFNO2/c1-8(2)10(7-17)13(16)9-5-6-11(18-3)12(15)14(9)19-4/h5-6,8,10,13H,7,17H2,1-4H3. The molecule has 2 unspecified atom stereocenters. The van der Waals surface area contributed by atoms with Crippen molar-refractivity contribution in [1.29, 1.82) is 0 Å². The normalized spacial score (nSPS) is 14.3. The van der Waals surface area contributed by atoms with Gasteiger partial charge in [-0.05, 0) is 40.5 Å². The highest BCUT2D eigenvalue weighted by Gasteiger charge is 2.28. The molecule has 1 rings (SSSR count). The summed E-state index contributed by atoms with van der Waals surface area (Å²) in [5, 5.41) is 0. The number of methoxy groups -OCH3 is 2. The maximum absolute atomic E-state index is 14.7. The molecule has 0 bridgehead atoms. The van der Waals surface area contributed by atoms with Gasteiger partial charge in [-0.3, -0.25) is 0 Å². The predicted molar refractivity (Wildman–Crippen MR) is 78.5 cm³/mol. The summed E-state index contributed by atoms with van der Waals surface area (Å²) >= 11 is 3.38. The van der Waals surface area contributed by atoms with E-state index >= 15 is 0 Å². The zero-order valence-electron chi connectivity index (χ0n) is 11.7. The Morgan fingerprint density at radius 1 is 1.26 bits per heavy atom. The van der Waals surface area contributed by atoms with Crippen molar-refractivity contribution in [3.05, 3.63) is 22.2 Å². The first kappa shape index (κ1) is 16.2. The Labute approximate surface area is 122 Å². The van der Waals surface area contributed by atoms with Gasteiger partial charge in [0.15, 0.2) is 0 Å². The molecule has 0 aliphatic carbocycles. The third kappa shape index (κ3) is 3.39. The van der Waals surface area contributed by atoms with Crippen molar-refractivity contribution < 1.29 is 13.9 Å². The Kier molecular flexibility index (Phi) is 6.07. The summed E-state index contributed by atoms with van der Waals surface area (Å²) in [6, 6.07) is 3.42. The van der Waals surface area contributed by atoms with Gasteiger partial charge in [0.2, 0.25) is 0 Å². The second-order valence-electron chi connectivity index (χ2n) is 4.75. The van der Waals surface area contributed by atoms with Crippen LogP contribution in [-0.2, 0) is 0 Å². The lowest BCUT2D eigenvalue weighted by Crippen LogP contribution is -2.25. The molecule has 19 heavy (non-hydrogen) atoms. The molecular weight excluding hydrogens is 313 g/mol. The van der Waals surface area contributed by atoms with Gasteiger partial charge >= 0.3 is 0 Å². The summed E-state index contributed by atoms with van der Waals surface area (Å²) in [6.45, 7) is 4.23. The van der Waals surface area contributed by atoms with E-state index in [4.69, 9.17) is 15.2 Å². The fraction of sp³-hybridized carbons (Fsp3) is 0.571. The van der Waals surface area contributed by atoms with Crippen molar-refractivity contribution >= 4 is 15.9 Å². The third-order valence-corrected chi connectivity index (χ3v) is 4.07. The highest BCUT2D eigenvalue weighted by molar-refractivity contribution is 9.10. The van der Waals surface area contributed by atoms with E-state index in [2.05, 4.69) is 15.9 Å². The van der Waals surface area contributed by atoms with Gasteiger partial charge in [0.05, 0.1) is 14.2 Å². The van der Waals surface area contributed by atoms with Crippen LogP contribution in [-0.4, -0.2) is 20.8 Å². The topological polar surface area (TPSA) is 44.5 Å². The van der Waals surface area contributed by atoms with E-state index < -0.39 is 6.17 Å². The molecule has 5 heteroatoms. The Hall–Kier alpha value is -0.810. The molecule has 0 heterocycles. The van der Waals surface area contributed by atoms with Gasteiger partial charge in [-0.25, -0.2) is 4.39 Å². The number of nitrogens with two attached hydrogens (primary N) is 1. The second kappa shape index (κ2) is 7.10. The minimum atomic E-state index is -1.16. The van der Waals surface area contributed by atoms with E-state index in [-0.39, 0.29) is 11.8 Å². The first-order chi connectivity index (χ1) is 8.97. The van der Waals surface area contributed by atoms with Crippen LogP contribution in [0.3, 0.4) is 0 Å². The molecule has 1 aromatic rings. The minimum Gasteiger partial charge on any atom is -0.495 e. The fourth-order valence-corrected chi connectivity index (χ4v) is 2.78. The van der Waals surface area contributed by atoms with Crippen molar-refractivity contribution in [1.82, 2.24) is 0 Å². The van der Waals surface area contributed by atoms with Gasteiger partial charge in [0.25, 0.3) is 0 Å². The Morgan fingerprint density at radius 2 is 1.89 bits per heavy atom. The average Bonchev–Trinajstić information content (AvgIpc) is 2.38. The van der Waals surface area contributed by atoms with Crippen LogP contribution in [0.4, 0.5) is 4.39 Å². The highest BCUT2D eigenvalue weighted by atomic mass is 79.9. The number of alkyl halides is 1. The summed E-state index contributed by atoms with van der Waals surface area (Å²) in [7, 11) is 3.07. The molecular formula is C14H21BrFNO2. The van der Waals surface area contributed by atoms with Crippen LogP contribution in [0.25, 0.3) is 0 Å². The molecule has 0 amide bonds. The van der Waals surface area contributed by atoms with Crippen LogP contribution in [0.15, 0.2) is 16.6 Å². The molecule has 0 aromatic heterocycles. The predicted octanol–water partition coefficient (Wildman–Crippen LogP) is 3.71. The van der Waals surface area contributed by atoms with Gasteiger partial charge in [0, 0.05) is 11.5 Å². The molecule has 1 aromatic carbocycles. The van der Waals surface area contributed by atoms with Gasteiger partial charge in [-0.15, -0.1) is 0 Å². The molecule has 0 radical (unpaired) electrons. The summed E-state index contributed by atoms with van der Waals surface area (Å²) in [5.41, 5.74) is 6.18. The highest BCUT2D eigenvalue weighted by Crippen LogP contribution is 2.43. The van der Waals surface area contributed by atoms with E-state index in [0.717, 1.165) is 0 Å². The molecule has 2 atom stereocenters. The Bertz CT molecular complexity index is 426. The van der Waals surface area contributed by atoms with Crippen LogP contribution in [0.1, 0.15) is 25.6 Å².